The summed E-state index contributed by atoms with van der Waals surface area (Å²) < 4.78 is 16.5. The summed E-state index contributed by atoms with van der Waals surface area (Å²) in [5.74, 6) is 1.78. The zero-order chi connectivity index (χ0) is 17.4. The average Bonchev–Trinajstić information content (AvgIpc) is 2.97. The molecular formula is C19H18N2O4. The van der Waals surface area contributed by atoms with Crippen LogP contribution < -0.4 is 19.5 Å². The van der Waals surface area contributed by atoms with E-state index in [-0.39, 0.29) is 5.91 Å². The topological polar surface area (TPSA) is 72.6 Å². The van der Waals surface area contributed by atoms with Gasteiger partial charge in [-0.3, -0.25) is 4.79 Å². The van der Waals surface area contributed by atoms with Gasteiger partial charge in [0.2, 0.25) is 0 Å². The smallest absolute Gasteiger partial charge is 0.258 e. The van der Waals surface area contributed by atoms with Gasteiger partial charge >= 0.3 is 0 Å². The Labute approximate surface area is 144 Å². The summed E-state index contributed by atoms with van der Waals surface area (Å²) in [5.41, 5.74) is 2.87. The first-order valence-electron chi connectivity index (χ1n) is 8.03. The Morgan fingerprint density at radius 3 is 2.76 bits per heavy atom. The molecule has 3 aromatic rings. The Hall–Kier alpha value is -3.15. The molecule has 6 nitrogen and oxygen atoms in total. The Morgan fingerprint density at radius 2 is 1.96 bits per heavy atom. The van der Waals surface area contributed by atoms with E-state index in [4.69, 9.17) is 14.2 Å². The molecule has 0 bridgehead atoms. The van der Waals surface area contributed by atoms with Crippen LogP contribution in [0.25, 0.3) is 10.9 Å². The van der Waals surface area contributed by atoms with Gasteiger partial charge in [0.1, 0.15) is 19.0 Å². The Balaban J connectivity index is 1.70. The molecule has 2 heterocycles. The summed E-state index contributed by atoms with van der Waals surface area (Å²) >= 11 is 0. The van der Waals surface area contributed by atoms with Crippen LogP contribution >= 0.6 is 0 Å². The number of aryl methyl sites for hydroxylation is 1. The molecule has 0 unspecified atom stereocenters. The molecule has 0 spiro atoms. The van der Waals surface area contributed by atoms with Crippen molar-refractivity contribution in [3.05, 3.63) is 47.7 Å². The number of fused-ring (bicyclic) bond motifs is 2. The number of hydrogen-bond donors (Lipinski definition) is 2. The summed E-state index contributed by atoms with van der Waals surface area (Å²) in [6, 6.07) is 11.0. The number of methoxy groups -OCH3 is 1. The monoisotopic (exact) mass is 338 g/mol. The minimum atomic E-state index is -0.204. The molecule has 0 atom stereocenters. The first-order valence-corrected chi connectivity index (χ1v) is 8.03. The molecule has 1 aliphatic heterocycles. The van der Waals surface area contributed by atoms with Crippen LogP contribution in [0.5, 0.6) is 17.2 Å². The van der Waals surface area contributed by atoms with E-state index in [1.165, 1.54) is 0 Å². The minimum Gasteiger partial charge on any atom is -0.496 e. The second-order valence-electron chi connectivity index (χ2n) is 5.82. The number of H-pyrrole nitrogens is 1. The van der Waals surface area contributed by atoms with Crippen molar-refractivity contribution >= 4 is 22.5 Å². The van der Waals surface area contributed by atoms with Gasteiger partial charge in [0.15, 0.2) is 11.5 Å². The fourth-order valence-electron chi connectivity index (χ4n) is 3.11. The number of amides is 1. The molecule has 1 amide bonds. The lowest BCUT2D eigenvalue weighted by Crippen LogP contribution is -2.16. The van der Waals surface area contributed by atoms with Crippen LogP contribution in [0.1, 0.15) is 16.1 Å². The van der Waals surface area contributed by atoms with Gasteiger partial charge in [-0.2, -0.15) is 0 Å². The van der Waals surface area contributed by atoms with Crippen LogP contribution in [0.15, 0.2) is 36.4 Å². The van der Waals surface area contributed by atoms with Gasteiger partial charge in [0, 0.05) is 17.4 Å². The molecule has 0 aliphatic carbocycles. The number of benzene rings is 2. The largest absolute Gasteiger partial charge is 0.496 e. The molecule has 128 valence electrons. The van der Waals surface area contributed by atoms with Crippen LogP contribution in [-0.4, -0.2) is 31.2 Å². The van der Waals surface area contributed by atoms with E-state index in [0.717, 1.165) is 16.6 Å². The lowest BCUT2D eigenvalue weighted by molar-refractivity contribution is 0.102. The van der Waals surface area contributed by atoms with Gasteiger partial charge in [-0.25, -0.2) is 0 Å². The van der Waals surface area contributed by atoms with E-state index in [1.807, 2.05) is 25.1 Å². The molecule has 6 heteroatoms. The number of aromatic nitrogens is 1. The SMILES string of the molecule is COc1cccc2[nH]c(C)c(C(=O)Nc3ccc4c(c3)OCCO4)c12. The molecule has 1 aliphatic rings. The molecule has 0 saturated carbocycles. The Bertz CT molecular complexity index is 961. The van der Waals surface area contributed by atoms with Crippen molar-refractivity contribution in [1.29, 1.82) is 0 Å². The van der Waals surface area contributed by atoms with Gasteiger partial charge < -0.3 is 24.5 Å². The summed E-state index contributed by atoms with van der Waals surface area (Å²) in [7, 11) is 1.60. The molecule has 25 heavy (non-hydrogen) atoms. The predicted molar refractivity (Wildman–Crippen MR) is 95.0 cm³/mol. The maximum absolute atomic E-state index is 12.9. The van der Waals surface area contributed by atoms with Crippen molar-refractivity contribution in [3.63, 3.8) is 0 Å². The number of rotatable bonds is 3. The molecule has 0 radical (unpaired) electrons. The van der Waals surface area contributed by atoms with E-state index in [9.17, 15) is 4.79 Å². The fourth-order valence-corrected chi connectivity index (χ4v) is 3.11. The van der Waals surface area contributed by atoms with E-state index >= 15 is 0 Å². The highest BCUT2D eigenvalue weighted by molar-refractivity contribution is 6.15. The predicted octanol–water partition coefficient (Wildman–Crippen LogP) is 3.51. The highest BCUT2D eigenvalue weighted by atomic mass is 16.6. The highest BCUT2D eigenvalue weighted by Crippen LogP contribution is 2.34. The number of anilines is 1. The third-order valence-corrected chi connectivity index (χ3v) is 4.22. The summed E-state index contributed by atoms with van der Waals surface area (Å²) in [4.78, 5) is 16.1. The van der Waals surface area contributed by atoms with E-state index in [2.05, 4.69) is 10.3 Å². The van der Waals surface area contributed by atoms with Gasteiger partial charge in [-0.15, -0.1) is 0 Å². The van der Waals surface area contributed by atoms with E-state index in [0.29, 0.717) is 41.7 Å². The van der Waals surface area contributed by atoms with Crippen molar-refractivity contribution in [3.8, 4) is 17.2 Å². The van der Waals surface area contributed by atoms with Crippen molar-refractivity contribution in [2.75, 3.05) is 25.6 Å². The minimum absolute atomic E-state index is 0.204. The van der Waals surface area contributed by atoms with E-state index in [1.54, 1.807) is 25.3 Å². The number of hydrogen-bond acceptors (Lipinski definition) is 4. The van der Waals surface area contributed by atoms with Gasteiger partial charge in [-0.05, 0) is 31.2 Å². The van der Waals surface area contributed by atoms with Crippen molar-refractivity contribution in [2.45, 2.75) is 6.92 Å². The highest BCUT2D eigenvalue weighted by Gasteiger charge is 2.20. The quantitative estimate of drug-likeness (QED) is 0.766. The first-order chi connectivity index (χ1) is 12.2. The maximum Gasteiger partial charge on any atom is 0.258 e. The third-order valence-electron chi connectivity index (χ3n) is 4.22. The van der Waals surface area contributed by atoms with Crippen molar-refractivity contribution in [2.24, 2.45) is 0 Å². The lowest BCUT2D eigenvalue weighted by Gasteiger charge is -2.19. The summed E-state index contributed by atoms with van der Waals surface area (Å²) in [6.07, 6.45) is 0. The van der Waals surface area contributed by atoms with Gasteiger partial charge in [-0.1, -0.05) is 6.07 Å². The van der Waals surface area contributed by atoms with Crippen molar-refractivity contribution in [1.82, 2.24) is 4.98 Å². The molecule has 2 aromatic carbocycles. The average molecular weight is 338 g/mol. The van der Waals surface area contributed by atoms with E-state index < -0.39 is 0 Å². The zero-order valence-electron chi connectivity index (χ0n) is 14.0. The molecule has 0 fully saturated rings. The normalized spacial score (nSPS) is 12.9. The maximum atomic E-state index is 12.9. The Morgan fingerprint density at radius 1 is 1.16 bits per heavy atom. The van der Waals surface area contributed by atoms with Crippen LogP contribution in [0.4, 0.5) is 5.69 Å². The second-order valence-corrected chi connectivity index (χ2v) is 5.82. The molecule has 2 N–H and O–H groups in total. The van der Waals surface area contributed by atoms with Gasteiger partial charge in [0.05, 0.1) is 23.6 Å². The number of ether oxygens (including phenoxy) is 3. The van der Waals surface area contributed by atoms with Crippen LogP contribution in [-0.2, 0) is 0 Å². The fraction of sp³-hybridized carbons (Fsp3) is 0.211. The standard InChI is InChI=1S/C19H18N2O4/c1-11-17(18-13(20-11)4-3-5-15(18)23-2)19(22)21-12-6-7-14-16(10-12)25-9-8-24-14/h3-7,10,20H,8-9H2,1-2H3,(H,21,22). The number of nitrogens with one attached hydrogen (secondary N) is 2. The third kappa shape index (κ3) is 2.65. The first kappa shape index (κ1) is 15.4. The number of aromatic amines is 1. The molecular weight excluding hydrogens is 320 g/mol. The summed E-state index contributed by atoms with van der Waals surface area (Å²) in [6.45, 7) is 2.91. The second kappa shape index (κ2) is 6.05. The zero-order valence-corrected chi connectivity index (χ0v) is 14.0. The molecule has 1 aromatic heterocycles. The van der Waals surface area contributed by atoms with Gasteiger partial charge in [0.25, 0.3) is 5.91 Å². The molecule has 4 rings (SSSR count). The van der Waals surface area contributed by atoms with Crippen LogP contribution in [0.2, 0.25) is 0 Å². The number of carbonyl (C=O) groups excluding carboxylic acids is 1. The van der Waals surface area contributed by atoms with Crippen LogP contribution in [0, 0.1) is 6.92 Å². The summed E-state index contributed by atoms with van der Waals surface area (Å²) in [5, 5.41) is 3.70. The van der Waals surface area contributed by atoms with Crippen LogP contribution in [0.3, 0.4) is 0 Å². The lowest BCUT2D eigenvalue weighted by atomic mass is 10.1. The number of carbonyl (C=O) groups is 1. The van der Waals surface area contributed by atoms with Crippen molar-refractivity contribution < 1.29 is 19.0 Å². The molecule has 0 saturated heterocycles. The Kier molecular flexibility index (Phi) is 3.72.